The highest BCUT2D eigenvalue weighted by Crippen LogP contribution is 2.43. The molecule has 0 saturated carbocycles. The van der Waals surface area contributed by atoms with Crippen molar-refractivity contribution >= 4 is 45.1 Å². The Labute approximate surface area is 198 Å². The van der Waals surface area contributed by atoms with E-state index in [0.29, 0.717) is 29.4 Å². The lowest BCUT2D eigenvalue weighted by atomic mass is 10.0. The molecule has 0 fully saturated rings. The summed E-state index contributed by atoms with van der Waals surface area (Å²) in [6.07, 6.45) is -0.185. The van der Waals surface area contributed by atoms with E-state index in [-0.39, 0.29) is 25.2 Å². The number of halogens is 1. The van der Waals surface area contributed by atoms with Gasteiger partial charge in [0.25, 0.3) is 0 Å². The van der Waals surface area contributed by atoms with E-state index in [4.69, 9.17) is 30.5 Å². The molecule has 0 spiro atoms. The summed E-state index contributed by atoms with van der Waals surface area (Å²) < 4.78 is 23.0. The van der Waals surface area contributed by atoms with Gasteiger partial charge in [-0.25, -0.2) is 0 Å². The number of hydrogen-bond donors (Lipinski definition) is 0. The maximum absolute atomic E-state index is 11.6. The molecule has 0 N–H and O–H groups in total. The van der Waals surface area contributed by atoms with Crippen molar-refractivity contribution in [3.63, 3.8) is 0 Å². The highest BCUT2D eigenvalue weighted by molar-refractivity contribution is 6.31. The van der Waals surface area contributed by atoms with Crippen LogP contribution in [-0.4, -0.2) is 37.4 Å². The fraction of sp³-hybridized carbons (Fsp3) is 0.385. The van der Waals surface area contributed by atoms with Gasteiger partial charge in [0.15, 0.2) is 0 Å². The van der Waals surface area contributed by atoms with E-state index in [1.54, 1.807) is 33.8 Å². The van der Waals surface area contributed by atoms with Crippen molar-refractivity contribution in [1.82, 2.24) is 0 Å². The summed E-state index contributed by atoms with van der Waals surface area (Å²) in [7, 11) is 0. The molecule has 176 valence electrons. The quantitative estimate of drug-likeness (QED) is 0.263. The van der Waals surface area contributed by atoms with Crippen molar-refractivity contribution in [3.05, 3.63) is 47.5 Å². The Hall–Kier alpha value is -2.99. The minimum atomic E-state index is -0.407. The number of esters is 2. The van der Waals surface area contributed by atoms with Crippen LogP contribution < -0.4 is 9.47 Å². The number of benzene rings is 3. The van der Waals surface area contributed by atoms with Gasteiger partial charge in [-0.1, -0.05) is 49.7 Å². The zero-order valence-electron chi connectivity index (χ0n) is 19.4. The fourth-order valence-corrected chi connectivity index (χ4v) is 3.64. The van der Waals surface area contributed by atoms with Gasteiger partial charge in [0.1, 0.15) is 36.9 Å². The van der Waals surface area contributed by atoms with E-state index in [0.717, 1.165) is 21.5 Å². The Morgan fingerprint density at radius 1 is 0.758 bits per heavy atom. The predicted octanol–water partition coefficient (Wildman–Crippen LogP) is 6.09. The molecule has 0 aliphatic heterocycles. The van der Waals surface area contributed by atoms with Crippen LogP contribution in [0.5, 0.6) is 11.5 Å². The van der Waals surface area contributed by atoms with Crippen LogP contribution in [0.2, 0.25) is 5.02 Å². The zero-order chi connectivity index (χ0) is 24.0. The third kappa shape index (κ3) is 6.08. The van der Waals surface area contributed by atoms with E-state index in [1.165, 1.54) is 0 Å². The van der Waals surface area contributed by atoms with Crippen molar-refractivity contribution in [2.75, 3.05) is 13.2 Å². The summed E-state index contributed by atoms with van der Waals surface area (Å²) in [4.78, 5) is 23.2. The molecule has 33 heavy (non-hydrogen) atoms. The summed E-state index contributed by atoms with van der Waals surface area (Å²) >= 11 is 6.32. The smallest absolute Gasteiger partial charge is 0.305 e. The van der Waals surface area contributed by atoms with Crippen LogP contribution in [0.4, 0.5) is 0 Å². The molecule has 0 saturated heterocycles. The number of carbonyl (C=O) groups is 2. The summed E-state index contributed by atoms with van der Waals surface area (Å²) in [6, 6.07) is 13.2. The lowest BCUT2D eigenvalue weighted by molar-refractivity contribution is -0.150. The van der Waals surface area contributed by atoms with Gasteiger partial charge in [-0.2, -0.15) is 0 Å². The molecule has 0 aliphatic carbocycles. The Bertz CT molecular complexity index is 1140. The first-order valence-electron chi connectivity index (χ1n) is 11.1. The average molecular weight is 473 g/mol. The van der Waals surface area contributed by atoms with Gasteiger partial charge >= 0.3 is 11.9 Å². The molecule has 0 aromatic heterocycles. The van der Waals surface area contributed by atoms with Crippen molar-refractivity contribution in [2.45, 2.75) is 52.7 Å². The summed E-state index contributed by atoms with van der Waals surface area (Å²) in [5, 5.41) is 3.86. The number of ether oxygens (including phenoxy) is 4. The second-order valence-electron chi connectivity index (χ2n) is 7.82. The van der Waals surface area contributed by atoms with Crippen LogP contribution in [0.1, 0.15) is 40.5 Å². The third-order valence-electron chi connectivity index (χ3n) is 5.05. The highest BCUT2D eigenvalue weighted by atomic mass is 35.5. The maximum atomic E-state index is 11.6. The van der Waals surface area contributed by atoms with Gasteiger partial charge in [-0.05, 0) is 32.0 Å². The Morgan fingerprint density at radius 3 is 1.70 bits per heavy atom. The SMILES string of the molecule is CCC(=O)OC(C)COc1c2ccccc2c(OCC(C)OC(=O)CC)c2cc(Cl)ccc12. The highest BCUT2D eigenvalue weighted by Gasteiger charge is 2.19. The minimum absolute atomic E-state index is 0.196. The molecule has 0 bridgehead atoms. The molecule has 0 amide bonds. The molecule has 0 radical (unpaired) electrons. The van der Waals surface area contributed by atoms with Crippen LogP contribution in [-0.2, 0) is 19.1 Å². The summed E-state index contributed by atoms with van der Waals surface area (Å²) in [5.74, 6) is 0.759. The van der Waals surface area contributed by atoms with Crippen molar-refractivity contribution in [2.24, 2.45) is 0 Å². The molecule has 6 nitrogen and oxygen atoms in total. The van der Waals surface area contributed by atoms with Gasteiger partial charge in [0.2, 0.25) is 0 Å². The first-order chi connectivity index (χ1) is 15.8. The van der Waals surface area contributed by atoms with E-state index in [9.17, 15) is 9.59 Å². The zero-order valence-corrected chi connectivity index (χ0v) is 20.1. The van der Waals surface area contributed by atoms with Gasteiger partial charge in [0, 0.05) is 39.4 Å². The van der Waals surface area contributed by atoms with Gasteiger partial charge < -0.3 is 18.9 Å². The molecule has 3 aromatic carbocycles. The first kappa shape index (κ1) is 24.6. The lowest BCUT2D eigenvalue weighted by Gasteiger charge is -2.21. The first-order valence-corrected chi connectivity index (χ1v) is 11.5. The number of carbonyl (C=O) groups excluding carboxylic acids is 2. The average Bonchev–Trinajstić information content (AvgIpc) is 2.80. The Morgan fingerprint density at radius 2 is 1.21 bits per heavy atom. The molecule has 7 heteroatoms. The number of fused-ring (bicyclic) bond motifs is 2. The van der Waals surface area contributed by atoms with E-state index < -0.39 is 12.2 Å². The Kier molecular flexibility index (Phi) is 8.39. The van der Waals surface area contributed by atoms with E-state index in [2.05, 4.69) is 0 Å². The van der Waals surface area contributed by atoms with Crippen LogP contribution in [0, 0.1) is 0 Å². The molecule has 3 aromatic rings. The monoisotopic (exact) mass is 472 g/mol. The molecule has 3 rings (SSSR count). The second kappa shape index (κ2) is 11.2. The van der Waals surface area contributed by atoms with Gasteiger partial charge in [0.05, 0.1) is 0 Å². The molecule has 2 unspecified atom stereocenters. The van der Waals surface area contributed by atoms with Gasteiger partial charge in [-0.15, -0.1) is 0 Å². The molecular formula is C26H29ClO6. The standard InChI is InChI=1S/C26H29ClO6/c1-5-23(28)32-16(3)14-30-25-19-9-7-8-10-20(19)26(22-13-18(27)11-12-21(22)25)31-15-17(4)33-24(29)6-2/h7-13,16-17H,5-6,14-15H2,1-4H3. The van der Waals surface area contributed by atoms with Crippen LogP contribution in [0.25, 0.3) is 21.5 Å². The summed E-state index contributed by atoms with van der Waals surface area (Å²) in [5.41, 5.74) is 0. The van der Waals surface area contributed by atoms with Crippen LogP contribution in [0.3, 0.4) is 0 Å². The molecular weight excluding hydrogens is 444 g/mol. The molecule has 2 atom stereocenters. The van der Waals surface area contributed by atoms with Gasteiger partial charge in [-0.3, -0.25) is 9.59 Å². The largest absolute Gasteiger partial charge is 0.488 e. The fourth-order valence-electron chi connectivity index (χ4n) is 3.47. The summed E-state index contributed by atoms with van der Waals surface area (Å²) in [6.45, 7) is 7.50. The number of hydrogen-bond acceptors (Lipinski definition) is 6. The maximum Gasteiger partial charge on any atom is 0.305 e. The lowest BCUT2D eigenvalue weighted by Crippen LogP contribution is -2.22. The topological polar surface area (TPSA) is 71.1 Å². The van der Waals surface area contributed by atoms with Crippen molar-refractivity contribution < 1.29 is 28.5 Å². The van der Waals surface area contributed by atoms with Crippen molar-refractivity contribution in [3.8, 4) is 11.5 Å². The normalized spacial score (nSPS) is 12.9. The second-order valence-corrected chi connectivity index (χ2v) is 8.26. The van der Waals surface area contributed by atoms with E-state index >= 15 is 0 Å². The molecule has 0 aliphatic rings. The van der Waals surface area contributed by atoms with Crippen molar-refractivity contribution in [1.29, 1.82) is 0 Å². The Balaban J connectivity index is 2.00. The molecule has 0 heterocycles. The van der Waals surface area contributed by atoms with Crippen LogP contribution in [0.15, 0.2) is 42.5 Å². The van der Waals surface area contributed by atoms with E-state index in [1.807, 2.05) is 36.4 Å². The predicted molar refractivity (Wildman–Crippen MR) is 129 cm³/mol. The minimum Gasteiger partial charge on any atom is -0.488 e. The third-order valence-corrected chi connectivity index (χ3v) is 5.29. The number of rotatable bonds is 10. The van der Waals surface area contributed by atoms with Crippen LogP contribution >= 0.6 is 11.6 Å².